The second kappa shape index (κ2) is 37.1. The zero-order valence-electron chi connectivity index (χ0n) is 35.2. The van der Waals surface area contributed by atoms with Crippen LogP contribution in [0.3, 0.4) is 0 Å². The molecule has 1 rings (SSSR count). The number of nitrogens with one attached hydrogen (secondary N) is 1. The number of amides is 1. The maximum absolute atomic E-state index is 12.6. The van der Waals surface area contributed by atoms with Gasteiger partial charge in [-0.1, -0.05) is 201 Å². The Morgan fingerprint density at radius 2 is 0.792 bits per heavy atom. The lowest BCUT2D eigenvalue weighted by molar-refractivity contribution is -0.152. The standard InChI is InChI=1S/C45H86N2O6/c1-4-7-9-11-13-15-17-19-21-23-25-27-29-31-33-35-43(48)51-39-42(53-45(50)46-41-37-47(6-3)38-41)40-52-44(49)36-34-32-30-28-26-24-22-20-18-16-14-12-10-8-5-2/h41-42H,4-40H2,1-3H3,(H,46,50). The first kappa shape index (κ1) is 49.2. The number of ether oxygens (including phenoxy) is 3. The summed E-state index contributed by atoms with van der Waals surface area (Å²) in [6, 6.07) is 0.0448. The van der Waals surface area contributed by atoms with Crippen molar-refractivity contribution in [2.24, 2.45) is 0 Å². The molecule has 1 aliphatic heterocycles. The molecule has 53 heavy (non-hydrogen) atoms. The Kier molecular flexibility index (Phi) is 34.4. The van der Waals surface area contributed by atoms with Crippen LogP contribution in [0.5, 0.6) is 0 Å². The van der Waals surface area contributed by atoms with Crippen molar-refractivity contribution in [1.29, 1.82) is 0 Å². The SMILES string of the molecule is CCCCCCCCCCCCCCCCCC(=O)OCC(COC(=O)CCCCCCCCCCCCCCCCC)OC(=O)NC1CN(CC)C1. The van der Waals surface area contributed by atoms with Crippen LogP contribution in [0, 0.1) is 0 Å². The first-order valence-corrected chi connectivity index (χ1v) is 23.0. The van der Waals surface area contributed by atoms with Gasteiger partial charge in [0.15, 0.2) is 6.10 Å². The average Bonchev–Trinajstić information content (AvgIpc) is 3.13. The monoisotopic (exact) mass is 751 g/mol. The van der Waals surface area contributed by atoms with Crippen LogP contribution in [0.4, 0.5) is 4.79 Å². The van der Waals surface area contributed by atoms with Crippen LogP contribution in [-0.2, 0) is 23.8 Å². The lowest BCUT2D eigenvalue weighted by Crippen LogP contribution is -2.59. The molecule has 0 aromatic rings. The fourth-order valence-electron chi connectivity index (χ4n) is 7.19. The van der Waals surface area contributed by atoms with E-state index in [-0.39, 0.29) is 31.2 Å². The van der Waals surface area contributed by atoms with Crippen molar-refractivity contribution < 1.29 is 28.6 Å². The van der Waals surface area contributed by atoms with Gasteiger partial charge in [0.2, 0.25) is 0 Å². The summed E-state index contributed by atoms with van der Waals surface area (Å²) in [6.45, 7) is 8.94. The molecule has 1 saturated heterocycles. The van der Waals surface area contributed by atoms with Crippen LogP contribution < -0.4 is 5.32 Å². The number of likely N-dealkylation sites (N-methyl/N-ethyl adjacent to an activating group) is 1. The minimum absolute atomic E-state index is 0.0448. The molecule has 1 N–H and O–H groups in total. The van der Waals surface area contributed by atoms with E-state index in [0.29, 0.717) is 12.8 Å². The third kappa shape index (κ3) is 32.2. The fourth-order valence-corrected chi connectivity index (χ4v) is 7.19. The molecule has 0 atom stereocenters. The lowest BCUT2D eigenvalue weighted by atomic mass is 10.0. The maximum Gasteiger partial charge on any atom is 0.407 e. The van der Waals surface area contributed by atoms with Gasteiger partial charge >= 0.3 is 18.0 Å². The van der Waals surface area contributed by atoms with E-state index in [4.69, 9.17) is 14.2 Å². The van der Waals surface area contributed by atoms with Crippen molar-refractivity contribution >= 4 is 18.0 Å². The van der Waals surface area contributed by atoms with Crippen molar-refractivity contribution in [1.82, 2.24) is 10.2 Å². The van der Waals surface area contributed by atoms with Crippen LogP contribution in [0.2, 0.25) is 0 Å². The van der Waals surface area contributed by atoms with Crippen LogP contribution in [-0.4, -0.2) is 67.9 Å². The summed E-state index contributed by atoms with van der Waals surface area (Å²) in [5.41, 5.74) is 0. The number of hydrogen-bond donors (Lipinski definition) is 1. The second-order valence-corrected chi connectivity index (χ2v) is 16.0. The van der Waals surface area contributed by atoms with Gasteiger partial charge in [-0.05, 0) is 19.4 Å². The predicted molar refractivity (Wildman–Crippen MR) is 220 cm³/mol. The number of hydrogen-bond acceptors (Lipinski definition) is 7. The number of unbranched alkanes of at least 4 members (excludes halogenated alkanes) is 28. The first-order valence-electron chi connectivity index (χ1n) is 23.0. The summed E-state index contributed by atoms with van der Waals surface area (Å²) in [6.07, 6.45) is 37.6. The number of carbonyl (C=O) groups excluding carboxylic acids is 3. The maximum atomic E-state index is 12.6. The Morgan fingerprint density at radius 1 is 0.491 bits per heavy atom. The third-order valence-electron chi connectivity index (χ3n) is 10.8. The van der Waals surface area contributed by atoms with E-state index >= 15 is 0 Å². The fraction of sp³-hybridized carbons (Fsp3) is 0.933. The molecule has 0 unspecified atom stereocenters. The molecule has 0 saturated carbocycles. The molecule has 1 fully saturated rings. The number of esters is 2. The highest BCUT2D eigenvalue weighted by Gasteiger charge is 2.28. The van der Waals surface area contributed by atoms with Crippen LogP contribution >= 0.6 is 0 Å². The number of likely N-dealkylation sites (tertiary alicyclic amines) is 1. The van der Waals surface area contributed by atoms with E-state index in [1.165, 1.54) is 154 Å². The molecule has 8 nitrogen and oxygen atoms in total. The van der Waals surface area contributed by atoms with Crippen molar-refractivity contribution in [2.45, 2.75) is 238 Å². The molecule has 0 spiro atoms. The lowest BCUT2D eigenvalue weighted by Gasteiger charge is -2.38. The van der Waals surface area contributed by atoms with Gasteiger partial charge in [0.25, 0.3) is 0 Å². The van der Waals surface area contributed by atoms with Crippen LogP contribution in [0.1, 0.15) is 226 Å². The average molecular weight is 751 g/mol. The van der Waals surface area contributed by atoms with Gasteiger partial charge in [0.1, 0.15) is 13.2 Å². The Bertz CT molecular complexity index is 799. The van der Waals surface area contributed by atoms with Gasteiger partial charge in [0, 0.05) is 25.9 Å². The number of nitrogens with zero attached hydrogens (tertiary/aromatic N) is 1. The molecule has 1 heterocycles. The van der Waals surface area contributed by atoms with E-state index in [1.54, 1.807) is 0 Å². The highest BCUT2D eigenvalue weighted by atomic mass is 16.6. The zero-order chi connectivity index (χ0) is 38.5. The molecule has 312 valence electrons. The Labute approximate surface area is 327 Å². The second-order valence-electron chi connectivity index (χ2n) is 16.0. The minimum atomic E-state index is -0.827. The summed E-state index contributed by atoms with van der Waals surface area (Å²) in [7, 11) is 0. The largest absolute Gasteiger partial charge is 0.462 e. The molecule has 1 aliphatic rings. The summed E-state index contributed by atoms with van der Waals surface area (Å²) in [4.78, 5) is 39.8. The Hall–Kier alpha value is -1.83. The first-order chi connectivity index (χ1) is 26.0. The molecule has 0 radical (unpaired) electrons. The highest BCUT2D eigenvalue weighted by Crippen LogP contribution is 2.16. The van der Waals surface area contributed by atoms with E-state index in [9.17, 15) is 14.4 Å². The third-order valence-corrected chi connectivity index (χ3v) is 10.8. The summed E-state index contributed by atoms with van der Waals surface area (Å²) < 4.78 is 16.5. The number of carbonyl (C=O) groups is 3. The zero-order valence-corrected chi connectivity index (χ0v) is 35.2. The molecule has 0 aromatic heterocycles. The highest BCUT2D eigenvalue weighted by molar-refractivity contribution is 5.70. The molecule has 1 amide bonds. The number of rotatable bonds is 39. The van der Waals surface area contributed by atoms with Gasteiger partial charge in [-0.25, -0.2) is 4.79 Å². The van der Waals surface area contributed by atoms with Crippen molar-refractivity contribution in [3.63, 3.8) is 0 Å². The molecular formula is C45H86N2O6. The van der Waals surface area contributed by atoms with Crippen molar-refractivity contribution in [2.75, 3.05) is 32.8 Å². The Balaban J connectivity index is 2.15. The molecule has 8 heteroatoms. The molecular weight excluding hydrogens is 665 g/mol. The van der Waals surface area contributed by atoms with E-state index in [1.807, 2.05) is 0 Å². The van der Waals surface area contributed by atoms with Gasteiger partial charge in [0.05, 0.1) is 6.04 Å². The van der Waals surface area contributed by atoms with Crippen LogP contribution in [0.15, 0.2) is 0 Å². The minimum Gasteiger partial charge on any atom is -0.462 e. The van der Waals surface area contributed by atoms with E-state index in [0.717, 1.165) is 58.2 Å². The van der Waals surface area contributed by atoms with Gasteiger partial charge in [-0.15, -0.1) is 0 Å². The van der Waals surface area contributed by atoms with Gasteiger partial charge < -0.3 is 19.5 Å². The Morgan fingerprint density at radius 3 is 1.09 bits per heavy atom. The number of alkyl carbamates (subject to hydrolysis) is 1. The predicted octanol–water partition coefficient (Wildman–Crippen LogP) is 12.4. The summed E-state index contributed by atoms with van der Waals surface area (Å²) >= 11 is 0. The smallest absolute Gasteiger partial charge is 0.407 e. The quantitative estimate of drug-likeness (QED) is 0.0380. The van der Waals surface area contributed by atoms with Crippen molar-refractivity contribution in [3.05, 3.63) is 0 Å². The van der Waals surface area contributed by atoms with Gasteiger partial charge in [-0.2, -0.15) is 0 Å². The van der Waals surface area contributed by atoms with Crippen LogP contribution in [0.25, 0.3) is 0 Å². The molecule has 0 bridgehead atoms. The van der Waals surface area contributed by atoms with Gasteiger partial charge in [-0.3, -0.25) is 14.5 Å². The summed E-state index contributed by atoms with van der Waals surface area (Å²) in [5, 5.41) is 2.87. The topological polar surface area (TPSA) is 94.2 Å². The van der Waals surface area contributed by atoms with E-state index < -0.39 is 12.2 Å². The molecule has 0 aliphatic carbocycles. The normalized spacial score (nSPS) is 13.3. The molecule has 0 aromatic carbocycles. The van der Waals surface area contributed by atoms with E-state index in [2.05, 4.69) is 31.0 Å². The van der Waals surface area contributed by atoms with Crippen molar-refractivity contribution in [3.8, 4) is 0 Å². The summed E-state index contributed by atoms with van der Waals surface area (Å²) in [5.74, 6) is -0.592.